The van der Waals surface area contributed by atoms with Crippen LogP contribution in [-0.2, 0) is 22.4 Å². The molecule has 4 heterocycles. The lowest BCUT2D eigenvalue weighted by molar-refractivity contribution is -0.128. The highest BCUT2D eigenvalue weighted by atomic mass is 32.1. The topological polar surface area (TPSA) is 103 Å². The Morgan fingerprint density at radius 2 is 2.25 bits per heavy atom. The molecule has 8 heteroatoms. The van der Waals surface area contributed by atoms with E-state index in [0.29, 0.717) is 18.8 Å². The van der Waals surface area contributed by atoms with Crippen LogP contribution in [0.4, 0.5) is 5.82 Å². The fourth-order valence-corrected chi connectivity index (χ4v) is 5.28. The molecular weight excluding hydrogens is 374 g/mol. The van der Waals surface area contributed by atoms with Gasteiger partial charge in [-0.25, -0.2) is 9.97 Å². The Morgan fingerprint density at radius 3 is 3.04 bits per heavy atom. The molecule has 7 nitrogen and oxygen atoms in total. The molecule has 1 aliphatic heterocycles. The van der Waals surface area contributed by atoms with E-state index in [0.717, 1.165) is 40.9 Å². The molecule has 0 bridgehead atoms. The number of fused-ring (bicyclic) bond motifs is 3. The Bertz CT molecular complexity index is 1040. The van der Waals surface area contributed by atoms with Gasteiger partial charge < -0.3 is 15.8 Å². The second-order valence-corrected chi connectivity index (χ2v) is 8.37. The summed E-state index contributed by atoms with van der Waals surface area (Å²) >= 11 is 1.77. The lowest BCUT2D eigenvalue weighted by Crippen LogP contribution is -2.30. The Hall–Kier alpha value is -2.58. The largest absolute Gasteiger partial charge is 0.367 e. The number of aromatic nitrogens is 3. The lowest BCUT2D eigenvalue weighted by atomic mass is 10.1. The fraction of sp³-hybridized carbons (Fsp3) is 0.400. The van der Waals surface area contributed by atoms with Crippen molar-refractivity contribution >= 4 is 33.3 Å². The van der Waals surface area contributed by atoms with Crippen LogP contribution in [0.2, 0.25) is 0 Å². The first-order valence-electron chi connectivity index (χ1n) is 9.60. The maximum absolute atomic E-state index is 11.3. The number of rotatable bonds is 5. The van der Waals surface area contributed by atoms with Crippen LogP contribution >= 0.6 is 11.3 Å². The molecule has 5 rings (SSSR count). The predicted octanol–water partition coefficient (Wildman–Crippen LogP) is 2.69. The number of hydrogen-bond donors (Lipinski definition) is 2. The third-order valence-corrected chi connectivity index (χ3v) is 6.59. The number of ether oxygens (including phenoxy) is 1. The van der Waals surface area contributed by atoms with Crippen LogP contribution in [0, 0.1) is 0 Å². The van der Waals surface area contributed by atoms with E-state index in [4.69, 9.17) is 20.4 Å². The van der Waals surface area contributed by atoms with Gasteiger partial charge in [0.05, 0.1) is 11.5 Å². The Morgan fingerprint density at radius 1 is 1.32 bits per heavy atom. The molecule has 2 unspecified atom stereocenters. The van der Waals surface area contributed by atoms with E-state index >= 15 is 0 Å². The van der Waals surface area contributed by atoms with Gasteiger partial charge in [-0.15, -0.1) is 11.3 Å². The summed E-state index contributed by atoms with van der Waals surface area (Å²) in [6, 6.07) is 3.86. The molecule has 1 fully saturated rings. The van der Waals surface area contributed by atoms with E-state index < -0.39 is 6.10 Å². The minimum absolute atomic E-state index is 0.0453. The van der Waals surface area contributed by atoms with Gasteiger partial charge >= 0.3 is 0 Å². The van der Waals surface area contributed by atoms with Crippen molar-refractivity contribution in [2.24, 2.45) is 5.73 Å². The number of nitrogens with zero attached hydrogens (tertiary/aromatic N) is 3. The molecule has 0 radical (unpaired) electrons. The van der Waals surface area contributed by atoms with E-state index in [1.165, 1.54) is 16.9 Å². The summed E-state index contributed by atoms with van der Waals surface area (Å²) in [7, 11) is 0. The van der Waals surface area contributed by atoms with Crippen LogP contribution in [0.15, 0.2) is 24.5 Å². The Balaban J connectivity index is 1.48. The summed E-state index contributed by atoms with van der Waals surface area (Å²) in [4.78, 5) is 27.6. The SMILES string of the molecule is NC(=O)C1CCC(CNc2nc(-c3cccnc3)nc3sc4c(c23)CCC4)O1. The highest BCUT2D eigenvalue weighted by Gasteiger charge is 2.29. The normalized spacial score (nSPS) is 21.1. The molecule has 0 aromatic carbocycles. The van der Waals surface area contributed by atoms with Gasteiger partial charge in [0.1, 0.15) is 16.8 Å². The van der Waals surface area contributed by atoms with Gasteiger partial charge in [-0.2, -0.15) is 0 Å². The van der Waals surface area contributed by atoms with Crippen LogP contribution < -0.4 is 11.1 Å². The van der Waals surface area contributed by atoms with Crippen molar-refractivity contribution in [2.75, 3.05) is 11.9 Å². The summed E-state index contributed by atoms with van der Waals surface area (Å²) in [5, 5.41) is 4.61. The third kappa shape index (κ3) is 3.12. The molecule has 3 aromatic rings. The highest BCUT2D eigenvalue weighted by molar-refractivity contribution is 7.19. The van der Waals surface area contributed by atoms with Gasteiger partial charge in [0.15, 0.2) is 5.82 Å². The van der Waals surface area contributed by atoms with Crippen molar-refractivity contribution in [1.82, 2.24) is 15.0 Å². The first-order valence-corrected chi connectivity index (χ1v) is 10.4. The monoisotopic (exact) mass is 395 g/mol. The van der Waals surface area contributed by atoms with Crippen LogP contribution in [-0.4, -0.2) is 39.6 Å². The van der Waals surface area contributed by atoms with Gasteiger partial charge in [-0.3, -0.25) is 9.78 Å². The number of amides is 1. The molecule has 1 saturated heterocycles. The number of hydrogen-bond acceptors (Lipinski definition) is 7. The molecule has 28 heavy (non-hydrogen) atoms. The Labute approximate surface area is 166 Å². The molecule has 2 atom stereocenters. The smallest absolute Gasteiger partial charge is 0.246 e. The summed E-state index contributed by atoms with van der Waals surface area (Å²) in [5.41, 5.74) is 7.64. The van der Waals surface area contributed by atoms with Crippen molar-refractivity contribution in [1.29, 1.82) is 0 Å². The molecular formula is C20H21N5O2S. The van der Waals surface area contributed by atoms with E-state index in [1.807, 2.05) is 12.1 Å². The minimum atomic E-state index is -0.478. The standard InChI is InChI=1S/C20H21N5O2S/c21-17(26)14-7-6-12(27-14)10-23-19-16-13-4-1-5-15(13)28-20(16)25-18(24-19)11-3-2-8-22-9-11/h2-3,8-9,12,14H,1,4-7,10H2,(H2,21,26)(H,23,24,25). The van der Waals surface area contributed by atoms with E-state index in [9.17, 15) is 4.79 Å². The predicted molar refractivity (Wildman–Crippen MR) is 108 cm³/mol. The van der Waals surface area contributed by atoms with Crippen molar-refractivity contribution in [2.45, 2.75) is 44.3 Å². The van der Waals surface area contributed by atoms with E-state index in [1.54, 1.807) is 23.7 Å². The second kappa shape index (κ2) is 7.10. The highest BCUT2D eigenvalue weighted by Crippen LogP contribution is 2.40. The molecule has 3 aromatic heterocycles. The maximum atomic E-state index is 11.3. The van der Waals surface area contributed by atoms with Crippen LogP contribution in [0.5, 0.6) is 0 Å². The first kappa shape index (κ1) is 17.5. The van der Waals surface area contributed by atoms with Gasteiger partial charge in [0, 0.05) is 29.4 Å². The quantitative estimate of drug-likeness (QED) is 0.688. The summed E-state index contributed by atoms with van der Waals surface area (Å²) < 4.78 is 5.76. The number of aryl methyl sites for hydroxylation is 2. The zero-order valence-corrected chi connectivity index (χ0v) is 16.2. The van der Waals surface area contributed by atoms with E-state index in [2.05, 4.69) is 10.3 Å². The molecule has 0 spiro atoms. The summed E-state index contributed by atoms with van der Waals surface area (Å²) in [5.74, 6) is 1.13. The van der Waals surface area contributed by atoms with Crippen LogP contribution in [0.25, 0.3) is 21.6 Å². The zero-order valence-electron chi connectivity index (χ0n) is 15.4. The third-order valence-electron chi connectivity index (χ3n) is 5.41. The van der Waals surface area contributed by atoms with Crippen molar-refractivity contribution < 1.29 is 9.53 Å². The second-order valence-electron chi connectivity index (χ2n) is 7.28. The molecule has 1 amide bonds. The molecule has 3 N–H and O–H groups in total. The average molecular weight is 395 g/mol. The van der Waals surface area contributed by atoms with Gasteiger partial charge in [-0.05, 0) is 49.8 Å². The number of carbonyl (C=O) groups excluding carboxylic acids is 1. The van der Waals surface area contributed by atoms with Crippen molar-refractivity contribution in [3.05, 3.63) is 35.0 Å². The first-order chi connectivity index (χ1) is 13.7. The van der Waals surface area contributed by atoms with Crippen molar-refractivity contribution in [3.8, 4) is 11.4 Å². The summed E-state index contributed by atoms with van der Waals surface area (Å²) in [6.07, 6.45) is 7.86. The van der Waals surface area contributed by atoms with Gasteiger partial charge in [0.2, 0.25) is 5.91 Å². The summed E-state index contributed by atoms with van der Waals surface area (Å²) in [6.45, 7) is 0.590. The molecule has 0 saturated carbocycles. The number of pyridine rings is 1. The maximum Gasteiger partial charge on any atom is 0.246 e. The number of anilines is 1. The number of thiophene rings is 1. The number of primary amides is 1. The van der Waals surface area contributed by atoms with E-state index in [-0.39, 0.29) is 12.0 Å². The number of carbonyl (C=O) groups is 1. The fourth-order valence-electron chi connectivity index (χ4n) is 4.02. The van der Waals surface area contributed by atoms with Crippen molar-refractivity contribution in [3.63, 3.8) is 0 Å². The van der Waals surface area contributed by atoms with Gasteiger partial charge in [-0.1, -0.05) is 0 Å². The van der Waals surface area contributed by atoms with Gasteiger partial charge in [0.25, 0.3) is 0 Å². The average Bonchev–Trinajstić information content (AvgIpc) is 3.42. The molecule has 1 aliphatic carbocycles. The zero-order chi connectivity index (χ0) is 19.1. The number of nitrogens with one attached hydrogen (secondary N) is 1. The molecule has 144 valence electrons. The van der Waals surface area contributed by atoms with Crippen LogP contribution in [0.3, 0.4) is 0 Å². The Kier molecular flexibility index (Phi) is 4.44. The lowest BCUT2D eigenvalue weighted by Gasteiger charge is -2.15. The minimum Gasteiger partial charge on any atom is -0.367 e. The number of nitrogens with two attached hydrogens (primary N) is 1. The van der Waals surface area contributed by atoms with Crippen LogP contribution in [0.1, 0.15) is 29.7 Å². The molecule has 2 aliphatic rings.